The van der Waals surface area contributed by atoms with Crippen LogP contribution < -0.4 is 0 Å². The van der Waals surface area contributed by atoms with Crippen molar-refractivity contribution >= 4 is 43.4 Å². The fourth-order valence-corrected chi connectivity index (χ4v) is 5.64. The molecule has 0 spiro atoms. The number of benzene rings is 6. The molecule has 0 N–H and O–H groups in total. The third-order valence-corrected chi connectivity index (χ3v) is 7.18. The molecule has 0 aliphatic rings. The molecule has 0 unspecified atom stereocenters. The van der Waals surface area contributed by atoms with E-state index < -0.39 is 0 Å². The molecule has 1 heterocycles. The fourth-order valence-electron chi connectivity index (χ4n) is 5.64. The molecule has 0 saturated carbocycles. The van der Waals surface area contributed by atoms with Crippen molar-refractivity contribution in [3.63, 3.8) is 0 Å². The van der Waals surface area contributed by atoms with Crippen LogP contribution in [0.5, 0.6) is 0 Å². The van der Waals surface area contributed by atoms with E-state index in [-0.39, 0.29) is 0 Å². The lowest BCUT2D eigenvalue weighted by Gasteiger charge is -2.15. The van der Waals surface area contributed by atoms with Crippen molar-refractivity contribution in [3.8, 4) is 16.8 Å². The Kier molecular flexibility index (Phi) is 4.13. The molecule has 0 aliphatic carbocycles. The highest BCUT2D eigenvalue weighted by molar-refractivity contribution is 6.17. The van der Waals surface area contributed by atoms with Gasteiger partial charge in [-0.2, -0.15) is 0 Å². The minimum atomic E-state index is 1.19. The van der Waals surface area contributed by atoms with Gasteiger partial charge in [0.15, 0.2) is 0 Å². The van der Waals surface area contributed by atoms with Crippen LogP contribution in [0.2, 0.25) is 0 Å². The van der Waals surface area contributed by atoms with Gasteiger partial charge in [0, 0.05) is 16.5 Å². The third-order valence-electron chi connectivity index (χ3n) is 7.18. The van der Waals surface area contributed by atoms with E-state index in [0.29, 0.717) is 0 Å². The predicted octanol–water partition coefficient (Wildman–Crippen LogP) is 9.07. The quantitative estimate of drug-likeness (QED) is 0.240. The second-order valence-electron chi connectivity index (χ2n) is 9.01. The van der Waals surface area contributed by atoms with Crippen molar-refractivity contribution in [2.45, 2.75) is 6.92 Å². The number of rotatable bonds is 2. The first-order valence-electron chi connectivity index (χ1n) is 11.8. The van der Waals surface area contributed by atoms with E-state index in [0.717, 1.165) is 0 Å². The Labute approximate surface area is 198 Å². The van der Waals surface area contributed by atoms with Crippen molar-refractivity contribution < 1.29 is 0 Å². The molecule has 1 nitrogen and oxygen atoms in total. The maximum absolute atomic E-state index is 2.39. The Bertz CT molecular complexity index is 1800. The van der Waals surface area contributed by atoms with Crippen molar-refractivity contribution in [2.75, 3.05) is 0 Å². The molecular weight excluding hydrogens is 410 g/mol. The fraction of sp³-hybridized carbons (Fsp3) is 0.0303. The maximum atomic E-state index is 2.39. The van der Waals surface area contributed by atoms with Gasteiger partial charge in [-0.15, -0.1) is 0 Å². The normalized spacial score (nSPS) is 11.7. The summed E-state index contributed by atoms with van der Waals surface area (Å²) < 4.78 is 2.37. The molecule has 0 atom stereocenters. The van der Waals surface area contributed by atoms with Crippen LogP contribution in [0.25, 0.3) is 60.2 Å². The number of nitrogens with zero attached hydrogens (tertiary/aromatic N) is 1. The Morgan fingerprint density at radius 1 is 0.441 bits per heavy atom. The van der Waals surface area contributed by atoms with Gasteiger partial charge in [-0.25, -0.2) is 0 Å². The van der Waals surface area contributed by atoms with Crippen LogP contribution >= 0.6 is 0 Å². The number of para-hydroxylation sites is 2. The number of fused-ring (bicyclic) bond motifs is 5. The molecule has 1 aromatic heterocycles. The summed E-state index contributed by atoms with van der Waals surface area (Å²) in [7, 11) is 0. The van der Waals surface area contributed by atoms with E-state index in [2.05, 4.69) is 133 Å². The lowest BCUT2D eigenvalue weighted by Crippen LogP contribution is -1.93. The average Bonchev–Trinajstić information content (AvgIpc) is 3.23. The Hall–Kier alpha value is -4.36. The lowest BCUT2D eigenvalue weighted by molar-refractivity contribution is 1.18. The van der Waals surface area contributed by atoms with Crippen molar-refractivity contribution in [2.24, 2.45) is 0 Å². The number of hydrogen-bond donors (Lipinski definition) is 0. The zero-order valence-corrected chi connectivity index (χ0v) is 19.0. The molecule has 0 aliphatic heterocycles. The molecule has 0 radical (unpaired) electrons. The van der Waals surface area contributed by atoms with Crippen LogP contribution in [-0.4, -0.2) is 4.57 Å². The minimum absolute atomic E-state index is 1.19. The highest BCUT2D eigenvalue weighted by Crippen LogP contribution is 2.41. The molecule has 7 rings (SSSR count). The molecule has 34 heavy (non-hydrogen) atoms. The van der Waals surface area contributed by atoms with Crippen LogP contribution in [0.1, 0.15) is 5.56 Å². The van der Waals surface area contributed by atoms with E-state index in [1.54, 1.807) is 0 Å². The van der Waals surface area contributed by atoms with Crippen molar-refractivity contribution in [1.82, 2.24) is 4.57 Å². The number of hydrogen-bond acceptors (Lipinski definition) is 0. The van der Waals surface area contributed by atoms with Gasteiger partial charge in [0.2, 0.25) is 0 Å². The van der Waals surface area contributed by atoms with Crippen molar-refractivity contribution in [1.29, 1.82) is 0 Å². The van der Waals surface area contributed by atoms with Gasteiger partial charge in [-0.3, -0.25) is 0 Å². The molecule has 6 aromatic carbocycles. The van der Waals surface area contributed by atoms with Gasteiger partial charge in [0.1, 0.15) is 0 Å². The van der Waals surface area contributed by atoms with Gasteiger partial charge in [-0.1, -0.05) is 91.0 Å². The van der Waals surface area contributed by atoms with Crippen LogP contribution in [-0.2, 0) is 0 Å². The van der Waals surface area contributed by atoms with E-state index in [4.69, 9.17) is 0 Å². The van der Waals surface area contributed by atoms with E-state index >= 15 is 0 Å². The SMILES string of the molecule is Cc1c2ccccc2c(-c2ccc3c(c2)c2ccccc2n3-c2ccccc2)c2ccccc12. The molecule has 1 heteroatoms. The summed E-state index contributed by atoms with van der Waals surface area (Å²) in [4.78, 5) is 0. The summed E-state index contributed by atoms with van der Waals surface area (Å²) in [6.07, 6.45) is 0. The average molecular weight is 434 g/mol. The highest BCUT2D eigenvalue weighted by Gasteiger charge is 2.16. The smallest absolute Gasteiger partial charge is 0.0541 e. The summed E-state index contributed by atoms with van der Waals surface area (Å²) in [6, 6.07) is 44.0. The van der Waals surface area contributed by atoms with E-state index in [1.807, 2.05) is 0 Å². The topological polar surface area (TPSA) is 4.93 Å². The zero-order chi connectivity index (χ0) is 22.6. The Morgan fingerprint density at radius 2 is 0.971 bits per heavy atom. The molecule has 0 saturated heterocycles. The monoisotopic (exact) mass is 433 g/mol. The summed E-state index contributed by atoms with van der Waals surface area (Å²) in [5.41, 5.74) is 7.58. The maximum Gasteiger partial charge on any atom is 0.0541 e. The Balaban J connectivity index is 1.61. The summed E-state index contributed by atoms with van der Waals surface area (Å²) in [6.45, 7) is 2.24. The number of aryl methyl sites for hydroxylation is 1. The third kappa shape index (κ3) is 2.67. The predicted molar refractivity (Wildman–Crippen MR) is 146 cm³/mol. The summed E-state index contributed by atoms with van der Waals surface area (Å²) in [5, 5.41) is 7.83. The van der Waals surface area contributed by atoms with Gasteiger partial charge >= 0.3 is 0 Å². The van der Waals surface area contributed by atoms with Crippen LogP contribution in [0.3, 0.4) is 0 Å². The van der Waals surface area contributed by atoms with E-state index in [9.17, 15) is 0 Å². The molecule has 160 valence electrons. The summed E-state index contributed by atoms with van der Waals surface area (Å²) >= 11 is 0. The summed E-state index contributed by atoms with van der Waals surface area (Å²) in [5.74, 6) is 0. The lowest BCUT2D eigenvalue weighted by atomic mass is 9.88. The van der Waals surface area contributed by atoms with Gasteiger partial charge in [0.05, 0.1) is 11.0 Å². The molecule has 0 amide bonds. The number of aromatic nitrogens is 1. The standard InChI is InChI=1S/C33H23N/c1-22-25-13-5-7-16-28(25)33(29-17-8-6-14-26(22)29)23-19-20-32-30(21-23)27-15-9-10-18-31(27)34(32)24-11-3-2-4-12-24/h2-21H,1H3. The van der Waals surface area contributed by atoms with Gasteiger partial charge in [-0.05, 0) is 75.5 Å². The van der Waals surface area contributed by atoms with Crippen LogP contribution in [0.15, 0.2) is 121 Å². The van der Waals surface area contributed by atoms with Crippen LogP contribution in [0, 0.1) is 6.92 Å². The molecule has 0 fully saturated rings. The minimum Gasteiger partial charge on any atom is -0.309 e. The van der Waals surface area contributed by atoms with Crippen molar-refractivity contribution in [3.05, 3.63) is 127 Å². The first kappa shape index (κ1) is 19.1. The highest BCUT2D eigenvalue weighted by atomic mass is 15.0. The van der Waals surface area contributed by atoms with Gasteiger partial charge < -0.3 is 4.57 Å². The molecule has 0 bridgehead atoms. The molecule has 7 aromatic rings. The van der Waals surface area contributed by atoms with Crippen LogP contribution in [0.4, 0.5) is 0 Å². The largest absolute Gasteiger partial charge is 0.309 e. The molecular formula is C33H23N. The zero-order valence-electron chi connectivity index (χ0n) is 19.0. The first-order valence-corrected chi connectivity index (χ1v) is 11.8. The van der Waals surface area contributed by atoms with E-state index in [1.165, 1.54) is 65.7 Å². The Morgan fingerprint density at radius 3 is 1.65 bits per heavy atom. The second-order valence-corrected chi connectivity index (χ2v) is 9.01. The van der Waals surface area contributed by atoms with Gasteiger partial charge in [0.25, 0.3) is 0 Å². The second kappa shape index (κ2) is 7.33. The first-order chi connectivity index (χ1) is 16.8.